The van der Waals surface area contributed by atoms with Crippen LogP contribution in [0.1, 0.15) is 5.56 Å². The van der Waals surface area contributed by atoms with Crippen molar-refractivity contribution in [3.05, 3.63) is 155 Å². The third-order valence-corrected chi connectivity index (χ3v) is 11.7. The summed E-state index contributed by atoms with van der Waals surface area (Å²) in [6.45, 7) is 1.62. The molecule has 20 nitrogen and oxygen atoms in total. The van der Waals surface area contributed by atoms with Crippen molar-refractivity contribution in [1.82, 2.24) is 0 Å². The molecular formula is C33H23ClFN5O15S5. The number of nitro groups is 5. The molecule has 2 aromatic carbocycles. The van der Waals surface area contributed by atoms with E-state index in [0.717, 1.165) is 61.9 Å². The van der Waals surface area contributed by atoms with Crippen LogP contribution in [0.5, 0.6) is 26.7 Å². The minimum Gasteiger partial charge on any atom is -0.501 e. The van der Waals surface area contributed by atoms with Gasteiger partial charge in [0.1, 0.15) is 5.02 Å². The fourth-order valence-electron chi connectivity index (χ4n) is 4.07. The maximum atomic E-state index is 12.3. The number of benzene rings is 2. The van der Waals surface area contributed by atoms with Crippen LogP contribution in [0, 0.1) is 63.3 Å². The predicted molar refractivity (Wildman–Crippen MR) is 224 cm³/mol. The number of aromatic hydroxyl groups is 5. The zero-order valence-electron chi connectivity index (χ0n) is 29.5. The molecule has 314 valence electrons. The lowest BCUT2D eigenvalue weighted by Gasteiger charge is -1.96. The van der Waals surface area contributed by atoms with Crippen LogP contribution in [0.15, 0.2) is 88.3 Å². The zero-order chi connectivity index (χ0) is 44.8. The van der Waals surface area contributed by atoms with E-state index in [9.17, 15) is 65.2 Å². The minimum atomic E-state index is -0.993. The van der Waals surface area contributed by atoms with Crippen LogP contribution >= 0.6 is 68.3 Å². The Morgan fingerprint density at radius 3 is 1.38 bits per heavy atom. The van der Waals surface area contributed by atoms with Gasteiger partial charge < -0.3 is 25.5 Å². The molecule has 0 saturated carbocycles. The fourth-order valence-corrected chi connectivity index (χ4v) is 8.06. The molecule has 0 fully saturated rings. The highest BCUT2D eigenvalue weighted by atomic mass is 35.5. The molecule has 0 atom stereocenters. The first kappa shape index (κ1) is 47.5. The smallest absolute Gasteiger partial charge is 0.366 e. The number of hydrogen-bond acceptors (Lipinski definition) is 20. The third-order valence-electron chi connectivity index (χ3n) is 6.81. The Morgan fingerprint density at radius 2 is 1.05 bits per heavy atom. The standard InChI is InChI=1S/2C10H7NO3S.C5H5NO3S.C4H2ClNO3S.C4H2FNO3S/c12-10-8(11(13)14)6-9(15-10)7-4-2-1-3-5-7;12-9-8(6-15-10(9)11(13)14)7-4-2-1-3-5-7;1-3-2-10-5(4(3)7)6(8)9;2*5-2-1-10-4(7)3(2)6(8)9/h2*1-6,12H;2,7H,1H3;2*1,7H. The molecule has 7 rings (SSSR count). The van der Waals surface area contributed by atoms with E-state index >= 15 is 0 Å². The normalized spacial score (nSPS) is 9.92. The van der Waals surface area contributed by atoms with Crippen molar-refractivity contribution in [1.29, 1.82) is 0 Å². The largest absolute Gasteiger partial charge is 0.501 e. The Labute approximate surface area is 358 Å². The van der Waals surface area contributed by atoms with Crippen molar-refractivity contribution in [3.63, 3.8) is 0 Å². The zero-order valence-corrected chi connectivity index (χ0v) is 34.4. The van der Waals surface area contributed by atoms with E-state index in [2.05, 4.69) is 0 Å². The molecule has 0 aliphatic rings. The highest BCUT2D eigenvalue weighted by molar-refractivity contribution is 7.17. The van der Waals surface area contributed by atoms with Gasteiger partial charge in [0, 0.05) is 43.6 Å². The maximum absolute atomic E-state index is 12.3. The Hall–Kier alpha value is -6.84. The topological polar surface area (TPSA) is 317 Å². The van der Waals surface area contributed by atoms with E-state index in [4.69, 9.17) is 26.9 Å². The summed E-state index contributed by atoms with van der Waals surface area (Å²) in [5, 5.41) is 100. The monoisotopic (exact) mass is 943 g/mol. The van der Waals surface area contributed by atoms with Gasteiger partial charge in [-0.05, 0) is 18.1 Å². The van der Waals surface area contributed by atoms with Crippen LogP contribution < -0.4 is 0 Å². The molecule has 0 spiro atoms. The van der Waals surface area contributed by atoms with Gasteiger partial charge in [-0.1, -0.05) is 129 Å². The van der Waals surface area contributed by atoms with Crippen molar-refractivity contribution < 1.29 is 54.5 Å². The average Bonchev–Trinajstić information content (AvgIpc) is 4.02. The first-order chi connectivity index (χ1) is 28.3. The first-order valence-electron chi connectivity index (χ1n) is 15.4. The second kappa shape index (κ2) is 21.8. The van der Waals surface area contributed by atoms with Crippen molar-refractivity contribution in [2.24, 2.45) is 0 Å². The molecule has 0 radical (unpaired) electrons. The average molecular weight is 944 g/mol. The summed E-state index contributed by atoms with van der Waals surface area (Å²) in [7, 11) is 0. The number of rotatable bonds is 7. The van der Waals surface area contributed by atoms with E-state index in [1.54, 1.807) is 29.8 Å². The predicted octanol–water partition coefficient (Wildman–Crippen LogP) is 11.2. The van der Waals surface area contributed by atoms with E-state index in [1.807, 2.05) is 48.5 Å². The van der Waals surface area contributed by atoms with Gasteiger partial charge in [0.25, 0.3) is 15.2 Å². The van der Waals surface area contributed by atoms with Gasteiger partial charge >= 0.3 is 27.1 Å². The summed E-state index contributed by atoms with van der Waals surface area (Å²) in [4.78, 5) is 48.4. The lowest BCUT2D eigenvalue weighted by molar-refractivity contribution is -0.388. The van der Waals surface area contributed by atoms with Crippen LogP contribution in [0.4, 0.5) is 31.5 Å². The van der Waals surface area contributed by atoms with Gasteiger partial charge in [0.2, 0.25) is 17.3 Å². The van der Waals surface area contributed by atoms with Gasteiger partial charge in [-0.25, -0.2) is 0 Å². The van der Waals surface area contributed by atoms with Gasteiger partial charge in [0.05, 0.1) is 24.6 Å². The minimum absolute atomic E-state index is 0.0208. The van der Waals surface area contributed by atoms with Gasteiger partial charge in [-0.3, -0.25) is 50.6 Å². The summed E-state index contributed by atoms with van der Waals surface area (Å²) >= 11 is 9.66. The molecule has 5 heterocycles. The molecule has 5 aromatic heterocycles. The molecule has 0 aliphatic carbocycles. The van der Waals surface area contributed by atoms with Crippen LogP contribution in [0.3, 0.4) is 0 Å². The number of halogens is 2. The van der Waals surface area contributed by atoms with Crippen LogP contribution in [0.25, 0.3) is 21.6 Å². The summed E-state index contributed by atoms with van der Waals surface area (Å²) in [5.74, 6) is -1.46. The lowest BCUT2D eigenvalue weighted by Crippen LogP contribution is -1.87. The first-order valence-corrected chi connectivity index (χ1v) is 20.1. The fraction of sp³-hybridized carbons (Fsp3) is 0.0303. The Morgan fingerprint density at radius 1 is 0.567 bits per heavy atom. The molecule has 5 N–H and O–H groups in total. The molecular weight excluding hydrogens is 921 g/mol. The lowest BCUT2D eigenvalue weighted by atomic mass is 10.1. The molecule has 27 heteroatoms. The van der Waals surface area contributed by atoms with Crippen molar-refractivity contribution >= 4 is 95.3 Å². The van der Waals surface area contributed by atoms with Crippen molar-refractivity contribution in [2.75, 3.05) is 0 Å². The van der Waals surface area contributed by atoms with Gasteiger partial charge in [0.15, 0.2) is 0 Å². The van der Waals surface area contributed by atoms with Crippen LogP contribution in [-0.2, 0) is 0 Å². The summed E-state index contributed by atoms with van der Waals surface area (Å²) in [6, 6.07) is 19.7. The number of hydrogen-bond donors (Lipinski definition) is 5. The Kier molecular flexibility index (Phi) is 17.3. The quantitative estimate of drug-likeness (QED) is 0.0732. The van der Waals surface area contributed by atoms with Gasteiger partial charge in [-0.15, -0.1) is 0 Å². The second-order valence-corrected chi connectivity index (χ2v) is 15.5. The van der Waals surface area contributed by atoms with E-state index < -0.39 is 46.9 Å². The summed E-state index contributed by atoms with van der Waals surface area (Å²) in [5.41, 5.74) is 1.21. The highest BCUT2D eigenvalue weighted by Gasteiger charge is 2.23. The van der Waals surface area contributed by atoms with E-state index in [1.165, 1.54) is 11.4 Å². The van der Waals surface area contributed by atoms with Crippen LogP contribution in [-0.4, -0.2) is 50.1 Å². The SMILES string of the molecule is Cc1csc([N+](=O)[O-])c1O.O=[N+]([O-])c1c(Cl)csc1O.O=[N+]([O-])c1c(F)csc1O.O=[N+]([O-])c1cc(-c2ccccc2)sc1O.O=[N+]([O-])c1scc(-c2ccccc2)c1O. The molecule has 0 saturated heterocycles. The number of aryl methyl sites for hydroxylation is 1. The molecule has 0 aliphatic heterocycles. The highest BCUT2D eigenvalue weighted by Crippen LogP contribution is 2.43. The summed E-state index contributed by atoms with van der Waals surface area (Å²) in [6.07, 6.45) is 0. The third kappa shape index (κ3) is 12.6. The molecule has 7 aromatic rings. The molecule has 0 unspecified atom stereocenters. The van der Waals surface area contributed by atoms with E-state index in [0.29, 0.717) is 27.3 Å². The van der Waals surface area contributed by atoms with Crippen molar-refractivity contribution in [3.8, 4) is 48.3 Å². The number of nitrogens with zero attached hydrogens (tertiary/aromatic N) is 5. The molecule has 0 bridgehead atoms. The van der Waals surface area contributed by atoms with Crippen LogP contribution in [0.2, 0.25) is 5.02 Å². The van der Waals surface area contributed by atoms with Crippen molar-refractivity contribution in [2.45, 2.75) is 6.92 Å². The van der Waals surface area contributed by atoms with Gasteiger partial charge in [-0.2, -0.15) is 4.39 Å². The van der Waals surface area contributed by atoms with E-state index in [-0.39, 0.29) is 42.3 Å². The Balaban J connectivity index is 0.000000203. The molecule has 0 amide bonds. The molecule has 60 heavy (non-hydrogen) atoms. The Bertz CT molecular complexity index is 2510. The second-order valence-electron chi connectivity index (χ2n) is 10.7. The maximum Gasteiger partial charge on any atom is 0.366 e. The summed E-state index contributed by atoms with van der Waals surface area (Å²) < 4.78 is 12.3. The number of thiophene rings is 5.